The molecule has 0 bridgehead atoms. The number of rotatable bonds is 6. The number of aliphatic imine (C=N–C) groups is 1. The highest BCUT2D eigenvalue weighted by atomic mass is 15.1. The first kappa shape index (κ1) is 13.9. The van der Waals surface area contributed by atoms with Gasteiger partial charge in [0, 0.05) is 13.1 Å². The monoisotopic (exact) mass is 259 g/mol. The molecule has 3 N–H and O–H groups in total. The smallest absolute Gasteiger partial charge is 0.188 e. The van der Waals surface area contributed by atoms with Crippen LogP contribution in [0.15, 0.2) is 35.3 Å². The van der Waals surface area contributed by atoms with Gasteiger partial charge in [0.15, 0.2) is 5.96 Å². The Hall–Kier alpha value is -1.51. The largest absolute Gasteiger partial charge is 0.370 e. The maximum atomic E-state index is 5.89. The molecule has 1 fully saturated rings. The van der Waals surface area contributed by atoms with Crippen LogP contribution in [0.3, 0.4) is 0 Å². The molecular weight excluding hydrogens is 234 g/mol. The summed E-state index contributed by atoms with van der Waals surface area (Å²) in [6.07, 6.45) is 3.65. The lowest BCUT2D eigenvalue weighted by Crippen LogP contribution is -2.35. The van der Waals surface area contributed by atoms with Crippen molar-refractivity contribution >= 4 is 5.96 Å². The van der Waals surface area contributed by atoms with Gasteiger partial charge in [0.2, 0.25) is 0 Å². The molecule has 0 heterocycles. The van der Waals surface area contributed by atoms with Crippen molar-refractivity contribution in [3.63, 3.8) is 0 Å². The van der Waals surface area contributed by atoms with Crippen molar-refractivity contribution in [2.45, 2.75) is 33.1 Å². The van der Waals surface area contributed by atoms with E-state index in [4.69, 9.17) is 5.73 Å². The first-order chi connectivity index (χ1) is 9.10. The molecule has 0 atom stereocenters. The Labute approximate surface area is 116 Å². The number of hydrogen-bond acceptors (Lipinski definition) is 1. The van der Waals surface area contributed by atoms with Gasteiger partial charge in [0.1, 0.15) is 0 Å². The zero-order valence-electron chi connectivity index (χ0n) is 12.0. The van der Waals surface area contributed by atoms with E-state index in [0.717, 1.165) is 19.5 Å². The average Bonchev–Trinajstić information content (AvgIpc) is 3.15. The maximum Gasteiger partial charge on any atom is 0.188 e. The Morgan fingerprint density at radius 1 is 1.32 bits per heavy atom. The fraction of sp³-hybridized carbons (Fsp3) is 0.562. The van der Waals surface area contributed by atoms with Gasteiger partial charge in [-0.25, -0.2) is 0 Å². The summed E-state index contributed by atoms with van der Waals surface area (Å²) in [7, 11) is 0. The Morgan fingerprint density at radius 3 is 2.58 bits per heavy atom. The zero-order chi connectivity index (χ0) is 13.7. The second-order valence-corrected chi connectivity index (χ2v) is 6.14. The summed E-state index contributed by atoms with van der Waals surface area (Å²) in [5.74, 6) is 1.18. The van der Waals surface area contributed by atoms with Gasteiger partial charge in [-0.1, -0.05) is 44.2 Å². The molecule has 1 aromatic carbocycles. The predicted molar refractivity (Wildman–Crippen MR) is 81.1 cm³/mol. The highest BCUT2D eigenvalue weighted by molar-refractivity contribution is 5.77. The molecule has 1 aliphatic carbocycles. The van der Waals surface area contributed by atoms with E-state index in [0.29, 0.717) is 17.3 Å². The second-order valence-electron chi connectivity index (χ2n) is 6.14. The van der Waals surface area contributed by atoms with Crippen LogP contribution in [0.4, 0.5) is 0 Å². The van der Waals surface area contributed by atoms with Gasteiger partial charge in [-0.15, -0.1) is 0 Å². The fourth-order valence-corrected chi connectivity index (χ4v) is 2.21. The molecule has 2 rings (SSSR count). The highest BCUT2D eigenvalue weighted by Crippen LogP contribution is 2.48. The second kappa shape index (κ2) is 6.09. The van der Waals surface area contributed by atoms with Crippen molar-refractivity contribution in [2.24, 2.45) is 22.1 Å². The van der Waals surface area contributed by atoms with Gasteiger partial charge in [0.25, 0.3) is 0 Å². The number of nitrogens with two attached hydrogens (primary N) is 1. The van der Waals surface area contributed by atoms with Crippen LogP contribution in [0.2, 0.25) is 0 Å². The summed E-state index contributed by atoms with van der Waals surface area (Å²) in [6, 6.07) is 10.7. The molecule has 3 heteroatoms. The van der Waals surface area contributed by atoms with Gasteiger partial charge in [0.05, 0.1) is 0 Å². The molecule has 0 aliphatic heterocycles. The van der Waals surface area contributed by atoms with Gasteiger partial charge in [-0.3, -0.25) is 4.99 Å². The molecular formula is C16H25N3. The third-order valence-corrected chi connectivity index (χ3v) is 3.66. The lowest BCUT2D eigenvalue weighted by atomic mass is 9.97. The van der Waals surface area contributed by atoms with E-state index in [9.17, 15) is 0 Å². The molecule has 1 aromatic rings. The standard InChI is InChI=1S/C16H25N3/c1-13(2)11-18-15(17)19-12-16(8-9-16)10-14-6-4-3-5-7-14/h3-7,13H,8-12H2,1-2H3,(H3,17,18,19). The normalized spacial score (nSPS) is 17.5. The van der Waals surface area contributed by atoms with Crippen molar-refractivity contribution in [3.8, 4) is 0 Å². The van der Waals surface area contributed by atoms with Gasteiger partial charge < -0.3 is 11.1 Å². The third kappa shape index (κ3) is 4.58. The van der Waals surface area contributed by atoms with Crippen LogP contribution < -0.4 is 11.1 Å². The van der Waals surface area contributed by atoms with Crippen molar-refractivity contribution < 1.29 is 0 Å². The lowest BCUT2D eigenvalue weighted by molar-refractivity contribution is 0.520. The number of nitrogens with zero attached hydrogens (tertiary/aromatic N) is 1. The Morgan fingerprint density at radius 2 is 2.00 bits per heavy atom. The van der Waals surface area contributed by atoms with Crippen molar-refractivity contribution in [2.75, 3.05) is 13.1 Å². The van der Waals surface area contributed by atoms with Gasteiger partial charge in [-0.2, -0.15) is 0 Å². The van der Waals surface area contributed by atoms with E-state index in [2.05, 4.69) is 54.5 Å². The molecule has 0 radical (unpaired) electrons. The summed E-state index contributed by atoms with van der Waals surface area (Å²) in [5.41, 5.74) is 7.66. The van der Waals surface area contributed by atoms with E-state index in [-0.39, 0.29) is 0 Å². The Bertz CT molecular complexity index is 419. The Kier molecular flexibility index (Phi) is 4.46. The summed E-state index contributed by atoms with van der Waals surface area (Å²) in [6.45, 7) is 6.07. The summed E-state index contributed by atoms with van der Waals surface area (Å²) >= 11 is 0. The van der Waals surface area contributed by atoms with Crippen molar-refractivity contribution in [1.82, 2.24) is 5.32 Å². The van der Waals surface area contributed by atoms with E-state index >= 15 is 0 Å². The molecule has 19 heavy (non-hydrogen) atoms. The van der Waals surface area contributed by atoms with Crippen LogP contribution in [-0.2, 0) is 6.42 Å². The molecule has 104 valence electrons. The SMILES string of the molecule is CC(C)CNC(N)=NCC1(Cc2ccccc2)CC1. The molecule has 0 amide bonds. The van der Waals surface area contributed by atoms with E-state index in [1.54, 1.807) is 0 Å². The van der Waals surface area contributed by atoms with Crippen LogP contribution in [0, 0.1) is 11.3 Å². The minimum atomic E-state index is 0.367. The number of benzene rings is 1. The van der Waals surface area contributed by atoms with Crippen LogP contribution in [-0.4, -0.2) is 19.0 Å². The van der Waals surface area contributed by atoms with Crippen LogP contribution >= 0.6 is 0 Å². The van der Waals surface area contributed by atoms with Crippen LogP contribution in [0.5, 0.6) is 0 Å². The number of guanidine groups is 1. The molecule has 0 aromatic heterocycles. The molecule has 0 spiro atoms. The van der Waals surface area contributed by atoms with E-state index < -0.39 is 0 Å². The summed E-state index contributed by atoms with van der Waals surface area (Å²) in [5, 5.41) is 3.17. The number of nitrogens with one attached hydrogen (secondary N) is 1. The van der Waals surface area contributed by atoms with Crippen molar-refractivity contribution in [3.05, 3.63) is 35.9 Å². The molecule has 1 aliphatic rings. The van der Waals surface area contributed by atoms with Gasteiger partial charge in [-0.05, 0) is 36.2 Å². The van der Waals surface area contributed by atoms with Gasteiger partial charge >= 0.3 is 0 Å². The summed E-state index contributed by atoms with van der Waals surface area (Å²) < 4.78 is 0. The first-order valence-electron chi connectivity index (χ1n) is 7.17. The first-order valence-corrected chi connectivity index (χ1v) is 7.17. The van der Waals surface area contributed by atoms with E-state index in [1.165, 1.54) is 18.4 Å². The van der Waals surface area contributed by atoms with Crippen LogP contribution in [0.25, 0.3) is 0 Å². The van der Waals surface area contributed by atoms with Crippen molar-refractivity contribution in [1.29, 1.82) is 0 Å². The molecule has 3 nitrogen and oxygen atoms in total. The molecule has 1 saturated carbocycles. The zero-order valence-corrected chi connectivity index (χ0v) is 12.0. The lowest BCUT2D eigenvalue weighted by Gasteiger charge is -2.14. The minimum absolute atomic E-state index is 0.367. The molecule has 0 unspecified atom stereocenters. The quantitative estimate of drug-likeness (QED) is 0.609. The Balaban J connectivity index is 1.83. The molecule has 0 saturated heterocycles. The van der Waals surface area contributed by atoms with Crippen LogP contribution in [0.1, 0.15) is 32.3 Å². The predicted octanol–water partition coefficient (Wildman–Crippen LogP) is 2.57. The highest BCUT2D eigenvalue weighted by Gasteiger charge is 2.42. The topological polar surface area (TPSA) is 50.4 Å². The summed E-state index contributed by atoms with van der Waals surface area (Å²) in [4.78, 5) is 4.51. The average molecular weight is 259 g/mol. The third-order valence-electron chi connectivity index (χ3n) is 3.66. The van der Waals surface area contributed by atoms with E-state index in [1.807, 2.05) is 0 Å². The fourth-order valence-electron chi connectivity index (χ4n) is 2.21. The minimum Gasteiger partial charge on any atom is -0.370 e. The number of hydrogen-bond donors (Lipinski definition) is 2. The maximum absolute atomic E-state index is 5.89.